The molecule has 6 nitrogen and oxygen atoms in total. The zero-order valence-corrected chi connectivity index (χ0v) is 12.0. The number of nitrogens with one attached hydrogen (secondary N) is 1. The van der Waals surface area contributed by atoms with E-state index in [0.717, 1.165) is 11.3 Å². The molecule has 0 saturated carbocycles. The van der Waals surface area contributed by atoms with Crippen molar-refractivity contribution in [1.82, 2.24) is 15.2 Å². The molecule has 1 heterocycles. The molecule has 2 aromatic rings. The number of hydrazine groups is 1. The molecule has 108 valence electrons. The Morgan fingerprint density at radius 2 is 2.05 bits per heavy atom. The zero-order chi connectivity index (χ0) is 14.6. The van der Waals surface area contributed by atoms with Gasteiger partial charge in [0.15, 0.2) is 0 Å². The van der Waals surface area contributed by atoms with Gasteiger partial charge in [0.25, 0.3) is 0 Å². The first kappa shape index (κ1) is 14.7. The van der Waals surface area contributed by atoms with E-state index in [1.54, 1.807) is 10.9 Å². The molecule has 0 aliphatic rings. The number of nitrogens with two attached hydrogens (primary N) is 1. The Labute approximate surface area is 118 Å². The molecule has 0 aliphatic heterocycles. The van der Waals surface area contributed by atoms with Crippen LogP contribution in [0.15, 0.2) is 42.7 Å². The first-order valence-corrected chi connectivity index (χ1v) is 8.29. The molecule has 0 spiro atoms. The van der Waals surface area contributed by atoms with Crippen LogP contribution in [0.1, 0.15) is 18.0 Å². The highest BCUT2D eigenvalue weighted by Crippen LogP contribution is 2.17. The van der Waals surface area contributed by atoms with Crippen LogP contribution < -0.4 is 11.3 Å². The van der Waals surface area contributed by atoms with Crippen LogP contribution >= 0.6 is 0 Å². The van der Waals surface area contributed by atoms with Gasteiger partial charge < -0.3 is 0 Å². The van der Waals surface area contributed by atoms with Crippen molar-refractivity contribution in [3.8, 4) is 5.69 Å². The fourth-order valence-corrected chi connectivity index (χ4v) is 2.58. The maximum Gasteiger partial charge on any atom is 0.147 e. The van der Waals surface area contributed by atoms with Crippen LogP contribution in [0.3, 0.4) is 0 Å². The largest absolute Gasteiger partial charge is 0.271 e. The van der Waals surface area contributed by atoms with Crippen molar-refractivity contribution in [1.29, 1.82) is 0 Å². The van der Waals surface area contributed by atoms with Crippen LogP contribution in [0, 0.1) is 0 Å². The lowest BCUT2D eigenvalue weighted by atomic mass is 10.1. The molecule has 1 aromatic carbocycles. The van der Waals surface area contributed by atoms with E-state index in [4.69, 9.17) is 5.84 Å². The fraction of sp³-hybridized carbons (Fsp3) is 0.308. The summed E-state index contributed by atoms with van der Waals surface area (Å²) in [5, 5.41) is 4.27. The second-order valence-electron chi connectivity index (χ2n) is 4.69. The van der Waals surface area contributed by atoms with Crippen LogP contribution in [-0.4, -0.2) is 30.2 Å². The van der Waals surface area contributed by atoms with Crippen molar-refractivity contribution < 1.29 is 8.42 Å². The third-order valence-corrected chi connectivity index (χ3v) is 3.98. The molecule has 0 fully saturated rings. The third kappa shape index (κ3) is 3.89. The average molecular weight is 294 g/mol. The van der Waals surface area contributed by atoms with Crippen molar-refractivity contribution in [2.24, 2.45) is 5.84 Å². The summed E-state index contributed by atoms with van der Waals surface area (Å²) in [5.74, 6) is 5.58. The number of aromatic nitrogens is 2. The summed E-state index contributed by atoms with van der Waals surface area (Å²) in [6.07, 6.45) is 5.17. The second-order valence-corrected chi connectivity index (χ2v) is 6.95. The Bertz CT molecular complexity index is 652. The van der Waals surface area contributed by atoms with E-state index >= 15 is 0 Å². The minimum absolute atomic E-state index is 0.0817. The molecule has 1 unspecified atom stereocenters. The maximum absolute atomic E-state index is 11.2. The number of nitrogens with zero attached hydrogens (tertiary/aromatic N) is 2. The van der Waals surface area contributed by atoms with Crippen molar-refractivity contribution in [2.75, 3.05) is 12.0 Å². The van der Waals surface area contributed by atoms with Gasteiger partial charge in [-0.25, -0.2) is 13.1 Å². The Balaban J connectivity index is 2.14. The molecule has 0 saturated heterocycles. The van der Waals surface area contributed by atoms with Crippen molar-refractivity contribution in [2.45, 2.75) is 12.5 Å². The summed E-state index contributed by atoms with van der Waals surface area (Å²) >= 11 is 0. The number of hydrogen-bond donors (Lipinski definition) is 2. The smallest absolute Gasteiger partial charge is 0.147 e. The monoisotopic (exact) mass is 294 g/mol. The molecular formula is C13H18N4O2S. The van der Waals surface area contributed by atoms with E-state index in [9.17, 15) is 8.42 Å². The highest BCUT2D eigenvalue weighted by atomic mass is 32.2. The molecule has 1 atom stereocenters. The van der Waals surface area contributed by atoms with Gasteiger partial charge in [0, 0.05) is 18.0 Å². The molecule has 0 bridgehead atoms. The van der Waals surface area contributed by atoms with E-state index in [1.165, 1.54) is 6.26 Å². The van der Waals surface area contributed by atoms with E-state index in [1.807, 2.05) is 36.5 Å². The summed E-state index contributed by atoms with van der Waals surface area (Å²) < 4.78 is 24.2. The first-order chi connectivity index (χ1) is 9.49. The van der Waals surface area contributed by atoms with Crippen LogP contribution in [0.25, 0.3) is 5.69 Å². The van der Waals surface area contributed by atoms with Crippen LogP contribution in [0.2, 0.25) is 0 Å². The van der Waals surface area contributed by atoms with Gasteiger partial charge in [0.2, 0.25) is 0 Å². The number of hydrogen-bond acceptors (Lipinski definition) is 5. The van der Waals surface area contributed by atoms with Crippen LogP contribution in [0.4, 0.5) is 0 Å². The van der Waals surface area contributed by atoms with Gasteiger partial charge in [-0.2, -0.15) is 5.10 Å². The van der Waals surface area contributed by atoms with E-state index < -0.39 is 9.84 Å². The lowest BCUT2D eigenvalue weighted by Crippen LogP contribution is -2.29. The molecule has 3 N–H and O–H groups in total. The lowest BCUT2D eigenvalue weighted by Gasteiger charge is -2.13. The molecule has 20 heavy (non-hydrogen) atoms. The van der Waals surface area contributed by atoms with Gasteiger partial charge in [0.05, 0.1) is 23.7 Å². The number of benzene rings is 1. The van der Waals surface area contributed by atoms with Crippen molar-refractivity contribution >= 4 is 9.84 Å². The Hall–Kier alpha value is -1.70. The molecule has 1 aromatic heterocycles. The third-order valence-electron chi connectivity index (χ3n) is 3.00. The second kappa shape index (κ2) is 6.17. The first-order valence-electron chi connectivity index (χ1n) is 6.23. The fourth-order valence-electron chi connectivity index (χ4n) is 1.92. The normalized spacial score (nSPS) is 13.3. The van der Waals surface area contributed by atoms with Gasteiger partial charge in [-0.3, -0.25) is 11.3 Å². The SMILES string of the molecule is CS(=O)(=O)CCC(NN)c1cnn(-c2ccccc2)c1. The molecular weight excluding hydrogens is 276 g/mol. The Morgan fingerprint density at radius 3 is 2.65 bits per heavy atom. The van der Waals surface area contributed by atoms with Gasteiger partial charge in [0.1, 0.15) is 9.84 Å². The summed E-state index contributed by atoms with van der Waals surface area (Å²) in [7, 11) is -3.01. The number of sulfone groups is 1. The van der Waals surface area contributed by atoms with Gasteiger partial charge in [-0.1, -0.05) is 18.2 Å². The van der Waals surface area contributed by atoms with Crippen molar-refractivity contribution in [3.05, 3.63) is 48.3 Å². The maximum atomic E-state index is 11.2. The quantitative estimate of drug-likeness (QED) is 0.608. The molecule has 0 radical (unpaired) electrons. The Morgan fingerprint density at radius 1 is 1.35 bits per heavy atom. The molecule has 7 heteroatoms. The minimum Gasteiger partial charge on any atom is -0.271 e. The molecule has 0 amide bonds. The Kier molecular flexibility index (Phi) is 4.53. The predicted molar refractivity (Wildman–Crippen MR) is 78.0 cm³/mol. The highest BCUT2D eigenvalue weighted by Gasteiger charge is 2.15. The van der Waals surface area contributed by atoms with Gasteiger partial charge in [-0.15, -0.1) is 0 Å². The standard InChI is InChI=1S/C13H18N4O2S/c1-20(18,19)8-7-13(16-14)11-9-15-17(10-11)12-5-3-2-4-6-12/h2-6,9-10,13,16H,7-8,14H2,1H3. The molecule has 2 rings (SSSR count). The van der Waals surface area contributed by atoms with Crippen LogP contribution in [-0.2, 0) is 9.84 Å². The summed E-state index contributed by atoms with van der Waals surface area (Å²) in [4.78, 5) is 0. The van der Waals surface area contributed by atoms with E-state index in [0.29, 0.717) is 6.42 Å². The summed E-state index contributed by atoms with van der Waals surface area (Å²) in [5.41, 5.74) is 4.44. The van der Waals surface area contributed by atoms with Crippen molar-refractivity contribution in [3.63, 3.8) is 0 Å². The predicted octanol–water partition coefficient (Wildman–Crippen LogP) is 0.811. The van der Waals surface area contributed by atoms with Gasteiger partial charge in [-0.05, 0) is 18.6 Å². The summed E-state index contributed by atoms with van der Waals surface area (Å²) in [6.45, 7) is 0. The average Bonchev–Trinajstić information content (AvgIpc) is 2.89. The van der Waals surface area contributed by atoms with E-state index in [2.05, 4.69) is 10.5 Å². The van der Waals surface area contributed by atoms with E-state index in [-0.39, 0.29) is 11.8 Å². The van der Waals surface area contributed by atoms with Crippen LogP contribution in [0.5, 0.6) is 0 Å². The topological polar surface area (TPSA) is 90.0 Å². The lowest BCUT2D eigenvalue weighted by molar-refractivity contribution is 0.531. The van der Waals surface area contributed by atoms with Gasteiger partial charge >= 0.3 is 0 Å². The minimum atomic E-state index is -3.01. The zero-order valence-electron chi connectivity index (χ0n) is 11.2. The number of rotatable bonds is 6. The number of para-hydroxylation sites is 1. The summed E-state index contributed by atoms with van der Waals surface area (Å²) in [6, 6.07) is 9.45. The highest BCUT2D eigenvalue weighted by molar-refractivity contribution is 7.90. The molecule has 0 aliphatic carbocycles.